The number of hydrogen-bond donors (Lipinski definition) is 0. The second-order valence-corrected chi connectivity index (χ2v) is 3.23. The highest BCUT2D eigenvalue weighted by molar-refractivity contribution is 5.59. The molecule has 0 heteroatoms. The largest absolute Gasteiger partial charge is 0.0985 e. The van der Waals surface area contributed by atoms with Crippen LogP contribution in [-0.2, 0) is 6.42 Å². The van der Waals surface area contributed by atoms with Gasteiger partial charge in [-0.3, -0.25) is 0 Å². The molecule has 0 aromatic heterocycles. The van der Waals surface area contributed by atoms with E-state index in [4.69, 9.17) is 0 Å². The summed E-state index contributed by atoms with van der Waals surface area (Å²) in [5.74, 6) is 0.749. The van der Waals surface area contributed by atoms with Crippen LogP contribution in [0.25, 0.3) is 6.08 Å². The minimum atomic E-state index is 0.749. The Morgan fingerprint density at radius 3 is 2.91 bits per heavy atom. The molecule has 1 aromatic carbocycles. The van der Waals surface area contributed by atoms with Gasteiger partial charge in [0, 0.05) is 0 Å². The van der Waals surface area contributed by atoms with Gasteiger partial charge in [0.1, 0.15) is 0 Å². The van der Waals surface area contributed by atoms with E-state index < -0.39 is 0 Å². The van der Waals surface area contributed by atoms with Gasteiger partial charge in [-0.15, -0.1) is 0 Å². The Morgan fingerprint density at radius 1 is 1.55 bits per heavy atom. The summed E-state index contributed by atoms with van der Waals surface area (Å²) in [4.78, 5) is 0. The van der Waals surface area contributed by atoms with Crippen LogP contribution < -0.4 is 0 Å². The van der Waals surface area contributed by atoms with Crippen molar-refractivity contribution in [2.45, 2.75) is 19.3 Å². The Bertz CT molecular complexity index is 297. The average Bonchev–Trinajstić information content (AvgIpc) is 2.01. The summed E-state index contributed by atoms with van der Waals surface area (Å²) in [6, 6.07) is 6.46. The van der Waals surface area contributed by atoms with E-state index in [2.05, 4.69) is 31.7 Å². The third-order valence-corrected chi connectivity index (χ3v) is 2.47. The van der Waals surface area contributed by atoms with Gasteiger partial charge in [0.05, 0.1) is 0 Å². The molecule has 0 fully saturated rings. The average molecular weight is 144 g/mol. The second-order valence-electron chi connectivity index (χ2n) is 3.23. The molecule has 0 heterocycles. The first-order valence-electron chi connectivity index (χ1n) is 4.07. The Kier molecular flexibility index (Phi) is 1.35. The quantitative estimate of drug-likeness (QED) is 0.568. The van der Waals surface area contributed by atoms with E-state index in [1.807, 2.05) is 6.08 Å². The van der Waals surface area contributed by atoms with Crippen LogP contribution in [-0.4, -0.2) is 0 Å². The predicted molar refractivity (Wildman–Crippen MR) is 48.7 cm³/mol. The van der Waals surface area contributed by atoms with Gasteiger partial charge in [0.15, 0.2) is 0 Å². The zero-order chi connectivity index (χ0) is 7.84. The van der Waals surface area contributed by atoms with Crippen LogP contribution in [0, 0.1) is 0 Å². The highest BCUT2D eigenvalue weighted by Crippen LogP contribution is 2.37. The molecular formula is C11H12. The third kappa shape index (κ3) is 0.823. The van der Waals surface area contributed by atoms with Gasteiger partial charge in [-0.25, -0.2) is 0 Å². The summed E-state index contributed by atoms with van der Waals surface area (Å²) in [6.45, 7) is 6.07. The maximum absolute atomic E-state index is 3.80. The highest BCUT2D eigenvalue weighted by atomic mass is 14.3. The van der Waals surface area contributed by atoms with Gasteiger partial charge < -0.3 is 0 Å². The lowest BCUT2D eigenvalue weighted by molar-refractivity contribution is 0.665. The predicted octanol–water partition coefficient (Wildman–Crippen LogP) is 2.99. The van der Waals surface area contributed by atoms with Crippen molar-refractivity contribution < 1.29 is 0 Å². The fourth-order valence-corrected chi connectivity index (χ4v) is 1.89. The van der Waals surface area contributed by atoms with Crippen molar-refractivity contribution in [2.75, 3.05) is 0 Å². The lowest BCUT2D eigenvalue weighted by Gasteiger charge is -2.28. The summed E-state index contributed by atoms with van der Waals surface area (Å²) < 4.78 is 0. The molecular weight excluding hydrogens is 132 g/mol. The van der Waals surface area contributed by atoms with Gasteiger partial charge in [0.25, 0.3) is 0 Å². The first kappa shape index (κ1) is 6.66. The maximum Gasteiger partial charge on any atom is -0.0141 e. The molecule has 2 rings (SSSR count). The molecule has 1 atom stereocenters. The Hall–Kier alpha value is -1.04. The van der Waals surface area contributed by atoms with Gasteiger partial charge >= 0.3 is 0 Å². The van der Waals surface area contributed by atoms with Crippen LogP contribution in [0.1, 0.15) is 29.5 Å². The lowest BCUT2D eigenvalue weighted by Crippen LogP contribution is -2.15. The van der Waals surface area contributed by atoms with E-state index in [9.17, 15) is 0 Å². The summed E-state index contributed by atoms with van der Waals surface area (Å²) in [6.07, 6.45) is 3.20. The molecule has 0 N–H and O–H groups in total. The number of fused-ring (bicyclic) bond motifs is 1. The van der Waals surface area contributed by atoms with Crippen LogP contribution in [0.3, 0.4) is 0 Å². The summed E-state index contributed by atoms with van der Waals surface area (Å²) in [5.41, 5.74) is 4.35. The highest BCUT2D eigenvalue weighted by Gasteiger charge is 2.23. The van der Waals surface area contributed by atoms with Crippen molar-refractivity contribution in [1.82, 2.24) is 0 Å². The number of rotatable bonds is 1. The SMILES string of the molecule is C=Cc1cccc2c1C(C)C2. The molecule has 0 saturated carbocycles. The smallest absolute Gasteiger partial charge is 0.0141 e. The van der Waals surface area contributed by atoms with Gasteiger partial charge in [0.2, 0.25) is 0 Å². The van der Waals surface area contributed by atoms with E-state index in [0.29, 0.717) is 0 Å². The van der Waals surface area contributed by atoms with Crippen molar-refractivity contribution in [2.24, 2.45) is 0 Å². The molecule has 0 radical (unpaired) electrons. The van der Waals surface area contributed by atoms with Crippen LogP contribution in [0.5, 0.6) is 0 Å². The van der Waals surface area contributed by atoms with Gasteiger partial charge in [-0.05, 0) is 29.0 Å². The third-order valence-electron chi connectivity index (χ3n) is 2.47. The van der Waals surface area contributed by atoms with Crippen molar-refractivity contribution in [1.29, 1.82) is 0 Å². The van der Waals surface area contributed by atoms with E-state index in [-0.39, 0.29) is 0 Å². The standard InChI is InChI=1S/C11H12/c1-3-9-5-4-6-10-7-8(2)11(9)10/h3-6,8H,1,7H2,2H3. The topological polar surface area (TPSA) is 0 Å². The molecule has 1 unspecified atom stereocenters. The zero-order valence-electron chi connectivity index (χ0n) is 6.80. The fourth-order valence-electron chi connectivity index (χ4n) is 1.89. The zero-order valence-corrected chi connectivity index (χ0v) is 6.80. The van der Waals surface area contributed by atoms with Crippen molar-refractivity contribution in [3.63, 3.8) is 0 Å². The Morgan fingerprint density at radius 2 is 2.36 bits per heavy atom. The first-order chi connectivity index (χ1) is 5.33. The second kappa shape index (κ2) is 2.23. The first-order valence-corrected chi connectivity index (χ1v) is 4.07. The van der Waals surface area contributed by atoms with Crippen molar-refractivity contribution in [3.05, 3.63) is 41.5 Å². The van der Waals surface area contributed by atoms with Crippen LogP contribution in [0.15, 0.2) is 24.8 Å². The normalized spacial score (nSPS) is 20.3. The molecule has 0 nitrogen and oxygen atoms in total. The fraction of sp³-hybridized carbons (Fsp3) is 0.273. The van der Waals surface area contributed by atoms with Crippen LogP contribution in [0.2, 0.25) is 0 Å². The van der Waals surface area contributed by atoms with E-state index >= 15 is 0 Å². The van der Waals surface area contributed by atoms with E-state index in [1.54, 1.807) is 0 Å². The summed E-state index contributed by atoms with van der Waals surface area (Å²) >= 11 is 0. The van der Waals surface area contributed by atoms with E-state index in [1.165, 1.54) is 23.1 Å². The molecule has 0 amide bonds. The molecule has 56 valence electrons. The van der Waals surface area contributed by atoms with Gasteiger partial charge in [-0.1, -0.05) is 37.8 Å². The van der Waals surface area contributed by atoms with Crippen LogP contribution in [0.4, 0.5) is 0 Å². The minimum absolute atomic E-state index is 0.749. The molecule has 0 bridgehead atoms. The lowest BCUT2D eigenvalue weighted by atomic mass is 9.76. The molecule has 0 saturated heterocycles. The molecule has 1 aromatic rings. The molecule has 1 aliphatic rings. The van der Waals surface area contributed by atoms with Gasteiger partial charge in [-0.2, -0.15) is 0 Å². The maximum atomic E-state index is 3.80. The van der Waals surface area contributed by atoms with Crippen molar-refractivity contribution >= 4 is 6.08 Å². The summed E-state index contributed by atoms with van der Waals surface area (Å²) in [5, 5.41) is 0. The van der Waals surface area contributed by atoms with Crippen molar-refractivity contribution in [3.8, 4) is 0 Å². The number of benzene rings is 1. The Balaban J connectivity index is 2.58. The van der Waals surface area contributed by atoms with Crippen LogP contribution >= 0.6 is 0 Å². The minimum Gasteiger partial charge on any atom is -0.0985 e. The number of hydrogen-bond acceptors (Lipinski definition) is 0. The monoisotopic (exact) mass is 144 g/mol. The molecule has 0 spiro atoms. The molecule has 0 aliphatic heterocycles. The van der Waals surface area contributed by atoms with E-state index in [0.717, 1.165) is 5.92 Å². The molecule has 1 aliphatic carbocycles. The molecule has 11 heavy (non-hydrogen) atoms. The summed E-state index contributed by atoms with van der Waals surface area (Å²) in [7, 11) is 0. The Labute approximate surface area is 67.6 Å².